The van der Waals surface area contributed by atoms with E-state index in [0.717, 1.165) is 30.8 Å². The van der Waals surface area contributed by atoms with Gasteiger partial charge >= 0.3 is 0 Å². The number of nitrogens with one attached hydrogen (secondary N) is 2. The summed E-state index contributed by atoms with van der Waals surface area (Å²) in [6.07, 6.45) is 1.13. The molecule has 1 aliphatic rings. The summed E-state index contributed by atoms with van der Waals surface area (Å²) >= 11 is 0. The average Bonchev–Trinajstić information content (AvgIpc) is 3.27. The first-order valence-electron chi connectivity index (χ1n) is 7.06. The third-order valence-electron chi connectivity index (χ3n) is 3.77. The maximum absolute atomic E-state index is 5.32. The molecule has 3 heterocycles. The Kier molecular flexibility index (Phi) is 4.22. The first kappa shape index (κ1) is 14.7. The molecule has 0 aliphatic carbocycles. The van der Waals surface area contributed by atoms with Gasteiger partial charge in [0, 0.05) is 23.7 Å². The summed E-state index contributed by atoms with van der Waals surface area (Å²) in [6.45, 7) is 2.04. The SMILES string of the molecule is Cl.c1ccc(-c2noc(-c3cc(C4CCNC4)[nH]n3)n2)cc1. The van der Waals surface area contributed by atoms with E-state index in [0.29, 0.717) is 23.3 Å². The molecule has 1 fully saturated rings. The lowest BCUT2D eigenvalue weighted by atomic mass is 10.1. The number of benzene rings is 1. The molecule has 7 heteroatoms. The summed E-state index contributed by atoms with van der Waals surface area (Å²) in [4.78, 5) is 4.41. The van der Waals surface area contributed by atoms with Crippen LogP contribution in [0, 0.1) is 0 Å². The molecule has 1 aliphatic heterocycles. The lowest BCUT2D eigenvalue weighted by molar-refractivity contribution is 0.431. The smallest absolute Gasteiger partial charge is 0.278 e. The average molecular weight is 318 g/mol. The second kappa shape index (κ2) is 6.29. The fourth-order valence-corrected chi connectivity index (χ4v) is 2.61. The predicted octanol–water partition coefficient (Wildman–Crippen LogP) is 2.63. The van der Waals surface area contributed by atoms with Crippen molar-refractivity contribution in [2.75, 3.05) is 13.1 Å². The molecule has 1 unspecified atom stereocenters. The minimum atomic E-state index is 0. The molecule has 2 aromatic heterocycles. The third kappa shape index (κ3) is 2.75. The number of aromatic amines is 1. The minimum absolute atomic E-state index is 0. The lowest BCUT2D eigenvalue weighted by Gasteiger charge is -2.02. The van der Waals surface area contributed by atoms with E-state index < -0.39 is 0 Å². The Balaban J connectivity index is 0.00000144. The molecule has 114 valence electrons. The Morgan fingerprint density at radius 3 is 2.82 bits per heavy atom. The van der Waals surface area contributed by atoms with Crippen molar-refractivity contribution in [3.05, 3.63) is 42.1 Å². The Morgan fingerprint density at radius 1 is 1.18 bits per heavy atom. The fourth-order valence-electron chi connectivity index (χ4n) is 2.61. The highest BCUT2D eigenvalue weighted by atomic mass is 35.5. The van der Waals surface area contributed by atoms with Crippen molar-refractivity contribution in [1.82, 2.24) is 25.7 Å². The van der Waals surface area contributed by atoms with Crippen LogP contribution in [0.4, 0.5) is 0 Å². The molecule has 1 saturated heterocycles. The van der Waals surface area contributed by atoms with Gasteiger partial charge in [-0.15, -0.1) is 12.4 Å². The van der Waals surface area contributed by atoms with E-state index in [1.165, 1.54) is 0 Å². The van der Waals surface area contributed by atoms with E-state index in [2.05, 4.69) is 25.7 Å². The number of halogens is 1. The number of aromatic nitrogens is 4. The van der Waals surface area contributed by atoms with E-state index in [1.807, 2.05) is 36.4 Å². The summed E-state index contributed by atoms with van der Waals surface area (Å²) in [7, 11) is 0. The Bertz CT molecular complexity index is 733. The van der Waals surface area contributed by atoms with Gasteiger partial charge in [0.25, 0.3) is 5.89 Å². The monoisotopic (exact) mass is 317 g/mol. The Morgan fingerprint density at radius 2 is 2.05 bits per heavy atom. The van der Waals surface area contributed by atoms with Crippen LogP contribution >= 0.6 is 12.4 Å². The van der Waals surface area contributed by atoms with Crippen LogP contribution in [0.3, 0.4) is 0 Å². The van der Waals surface area contributed by atoms with Crippen LogP contribution in [0.1, 0.15) is 18.0 Å². The van der Waals surface area contributed by atoms with E-state index in [9.17, 15) is 0 Å². The lowest BCUT2D eigenvalue weighted by Crippen LogP contribution is -2.08. The van der Waals surface area contributed by atoms with Gasteiger partial charge in [-0.25, -0.2) is 0 Å². The molecule has 6 nitrogen and oxygen atoms in total. The highest BCUT2D eigenvalue weighted by Gasteiger charge is 2.20. The van der Waals surface area contributed by atoms with Crippen LogP contribution in [0.5, 0.6) is 0 Å². The number of nitrogens with zero attached hydrogens (tertiary/aromatic N) is 3. The molecule has 1 atom stereocenters. The summed E-state index contributed by atoms with van der Waals surface area (Å²) in [5, 5.41) is 14.7. The molecule has 0 amide bonds. The van der Waals surface area contributed by atoms with Gasteiger partial charge in [0.05, 0.1) is 0 Å². The summed E-state index contributed by atoms with van der Waals surface area (Å²) < 4.78 is 5.32. The zero-order valence-electron chi connectivity index (χ0n) is 11.8. The van der Waals surface area contributed by atoms with Crippen molar-refractivity contribution in [2.24, 2.45) is 0 Å². The molecule has 4 rings (SSSR count). The van der Waals surface area contributed by atoms with Gasteiger partial charge in [-0.2, -0.15) is 10.1 Å². The van der Waals surface area contributed by atoms with Gasteiger partial charge < -0.3 is 9.84 Å². The molecule has 0 spiro atoms. The first-order valence-corrected chi connectivity index (χ1v) is 7.06. The fraction of sp³-hybridized carbons (Fsp3) is 0.267. The highest BCUT2D eigenvalue weighted by molar-refractivity contribution is 5.85. The first-order chi connectivity index (χ1) is 10.4. The summed E-state index contributed by atoms with van der Waals surface area (Å²) in [6, 6.07) is 11.8. The molecule has 0 saturated carbocycles. The molecule has 3 aromatic rings. The van der Waals surface area contributed by atoms with Gasteiger partial charge in [-0.1, -0.05) is 35.5 Å². The van der Waals surface area contributed by atoms with Crippen LogP contribution in [0.2, 0.25) is 0 Å². The molecular formula is C15H16ClN5O. The number of H-pyrrole nitrogens is 1. The van der Waals surface area contributed by atoms with Crippen LogP contribution in [0.25, 0.3) is 23.0 Å². The maximum atomic E-state index is 5.32. The number of hydrogen-bond acceptors (Lipinski definition) is 5. The largest absolute Gasteiger partial charge is 0.332 e. The van der Waals surface area contributed by atoms with E-state index in [4.69, 9.17) is 4.52 Å². The third-order valence-corrected chi connectivity index (χ3v) is 3.77. The van der Waals surface area contributed by atoms with Crippen LogP contribution in [0.15, 0.2) is 40.9 Å². The minimum Gasteiger partial charge on any atom is -0.332 e. The summed E-state index contributed by atoms with van der Waals surface area (Å²) in [5.74, 6) is 1.52. The molecule has 22 heavy (non-hydrogen) atoms. The van der Waals surface area contributed by atoms with Crippen LogP contribution < -0.4 is 5.32 Å². The van der Waals surface area contributed by atoms with Gasteiger partial charge in [-0.05, 0) is 19.0 Å². The van der Waals surface area contributed by atoms with E-state index >= 15 is 0 Å². The standard InChI is InChI=1S/C15H15N5O.ClH/c1-2-4-10(5-3-1)14-17-15(21-20-14)13-8-12(18-19-13)11-6-7-16-9-11;/h1-5,8,11,16H,6-7,9H2,(H,18,19);1H. The molecule has 2 N–H and O–H groups in total. The number of hydrogen-bond donors (Lipinski definition) is 2. The maximum Gasteiger partial charge on any atom is 0.278 e. The van der Waals surface area contributed by atoms with Gasteiger partial charge in [-0.3, -0.25) is 5.10 Å². The topological polar surface area (TPSA) is 79.6 Å². The zero-order chi connectivity index (χ0) is 14.1. The second-order valence-corrected chi connectivity index (χ2v) is 5.19. The van der Waals surface area contributed by atoms with Gasteiger partial charge in [0.15, 0.2) is 5.69 Å². The van der Waals surface area contributed by atoms with Crippen LogP contribution in [-0.4, -0.2) is 33.4 Å². The van der Waals surface area contributed by atoms with Crippen molar-refractivity contribution < 1.29 is 4.52 Å². The van der Waals surface area contributed by atoms with Crippen molar-refractivity contribution in [3.8, 4) is 23.0 Å². The quantitative estimate of drug-likeness (QED) is 0.776. The number of rotatable bonds is 3. The second-order valence-electron chi connectivity index (χ2n) is 5.19. The summed E-state index contributed by atoms with van der Waals surface area (Å²) in [5.41, 5.74) is 2.75. The predicted molar refractivity (Wildman–Crippen MR) is 84.8 cm³/mol. The zero-order valence-corrected chi connectivity index (χ0v) is 12.6. The molecule has 0 radical (unpaired) electrons. The van der Waals surface area contributed by atoms with Gasteiger partial charge in [0.2, 0.25) is 5.82 Å². The molecule has 1 aromatic carbocycles. The molecular weight excluding hydrogens is 302 g/mol. The van der Waals surface area contributed by atoms with Crippen molar-refractivity contribution in [2.45, 2.75) is 12.3 Å². The highest BCUT2D eigenvalue weighted by Crippen LogP contribution is 2.25. The van der Waals surface area contributed by atoms with Gasteiger partial charge in [0.1, 0.15) is 0 Å². The van der Waals surface area contributed by atoms with Crippen molar-refractivity contribution >= 4 is 12.4 Å². The van der Waals surface area contributed by atoms with Crippen molar-refractivity contribution in [3.63, 3.8) is 0 Å². The van der Waals surface area contributed by atoms with E-state index in [-0.39, 0.29) is 12.4 Å². The Labute approximate surface area is 133 Å². The van der Waals surface area contributed by atoms with Crippen LogP contribution in [-0.2, 0) is 0 Å². The van der Waals surface area contributed by atoms with E-state index in [1.54, 1.807) is 0 Å². The Hall–Kier alpha value is -2.18. The molecule has 0 bridgehead atoms. The van der Waals surface area contributed by atoms with Crippen molar-refractivity contribution in [1.29, 1.82) is 0 Å². The normalized spacial score (nSPS) is 17.4.